The Balaban J connectivity index is 1.57. The van der Waals surface area contributed by atoms with Crippen LogP contribution in [0.2, 0.25) is 5.02 Å². The number of hydrogen-bond acceptors (Lipinski definition) is 4. The fraction of sp³-hybridized carbons (Fsp3) is 0.0800. The number of benzene rings is 3. The van der Waals surface area contributed by atoms with Gasteiger partial charge in [-0.25, -0.2) is 4.90 Å². The zero-order chi connectivity index (χ0) is 26.2. The largest absolute Gasteiger partial charge is 0.418 e. The molecule has 0 unspecified atom stereocenters. The Morgan fingerprint density at radius 3 is 2.36 bits per heavy atom. The highest BCUT2D eigenvalue weighted by atomic mass is 35.5. The zero-order valence-electron chi connectivity index (χ0n) is 18.4. The van der Waals surface area contributed by atoms with Crippen LogP contribution in [0.1, 0.15) is 21.5 Å². The molecule has 184 valence electrons. The lowest BCUT2D eigenvalue weighted by Gasteiger charge is -2.18. The fourth-order valence-corrected chi connectivity index (χ4v) is 3.95. The van der Waals surface area contributed by atoms with E-state index in [1.807, 2.05) is 0 Å². The van der Waals surface area contributed by atoms with E-state index in [0.29, 0.717) is 10.6 Å². The molecule has 0 aliphatic carbocycles. The van der Waals surface area contributed by atoms with Gasteiger partial charge in [0.05, 0.1) is 16.9 Å². The highest BCUT2D eigenvalue weighted by Crippen LogP contribution is 2.35. The highest BCUT2D eigenvalue weighted by molar-refractivity contribution is 6.53. The minimum atomic E-state index is -4.65. The van der Waals surface area contributed by atoms with Crippen LogP contribution in [-0.4, -0.2) is 17.7 Å². The summed E-state index contributed by atoms with van der Waals surface area (Å²) in [5.74, 6) is -2.29. The molecule has 1 aliphatic rings. The van der Waals surface area contributed by atoms with E-state index in [0.717, 1.165) is 17.0 Å². The highest BCUT2D eigenvalue weighted by Gasteiger charge is 2.39. The first-order chi connectivity index (χ1) is 17.0. The predicted molar refractivity (Wildman–Crippen MR) is 131 cm³/mol. The van der Waals surface area contributed by atoms with Crippen molar-refractivity contribution in [3.63, 3.8) is 0 Å². The minimum Gasteiger partial charge on any atom is -0.350 e. The first kappa shape index (κ1) is 25.3. The molecule has 0 bridgehead atoms. The number of imide groups is 1. The second-order valence-corrected chi connectivity index (χ2v) is 8.58. The molecular formula is C25H16Cl2F3N3O3. The molecule has 3 aromatic carbocycles. The quantitative estimate of drug-likeness (QED) is 0.374. The molecule has 0 radical (unpaired) electrons. The number of anilines is 3. The number of rotatable bonds is 5. The number of carbonyl (C=O) groups excluding carboxylic acids is 3. The first-order valence-corrected chi connectivity index (χ1v) is 11.1. The van der Waals surface area contributed by atoms with Gasteiger partial charge in [-0.1, -0.05) is 47.5 Å². The van der Waals surface area contributed by atoms with Crippen LogP contribution in [0.3, 0.4) is 0 Å². The van der Waals surface area contributed by atoms with E-state index in [-0.39, 0.29) is 27.7 Å². The molecule has 0 saturated carbocycles. The van der Waals surface area contributed by atoms with Crippen LogP contribution < -0.4 is 15.5 Å². The average molecular weight is 534 g/mol. The van der Waals surface area contributed by atoms with Crippen molar-refractivity contribution in [3.8, 4) is 0 Å². The molecule has 11 heteroatoms. The van der Waals surface area contributed by atoms with Crippen molar-refractivity contribution >= 4 is 58.0 Å². The molecule has 0 saturated heterocycles. The zero-order valence-corrected chi connectivity index (χ0v) is 19.9. The number of hydrogen-bond donors (Lipinski definition) is 2. The molecule has 0 atom stereocenters. The first-order valence-electron chi connectivity index (χ1n) is 10.4. The SMILES string of the molecule is Cc1ccc(Cl)cc1N1C(=O)C(Cl)=C(Nc2cccc(C(=O)Nc3ccccc3C(F)(F)F)c2)C1=O. The van der Waals surface area contributed by atoms with E-state index >= 15 is 0 Å². The molecule has 1 heterocycles. The van der Waals surface area contributed by atoms with E-state index in [9.17, 15) is 27.6 Å². The average Bonchev–Trinajstić information content (AvgIpc) is 3.03. The maximum atomic E-state index is 13.2. The lowest BCUT2D eigenvalue weighted by atomic mass is 10.1. The summed E-state index contributed by atoms with van der Waals surface area (Å²) < 4.78 is 39.7. The third-order valence-corrected chi connectivity index (χ3v) is 5.90. The van der Waals surface area contributed by atoms with Gasteiger partial charge in [0, 0.05) is 16.3 Å². The van der Waals surface area contributed by atoms with Gasteiger partial charge in [-0.2, -0.15) is 13.2 Å². The van der Waals surface area contributed by atoms with Crippen molar-refractivity contribution < 1.29 is 27.6 Å². The predicted octanol–water partition coefficient (Wildman–Crippen LogP) is 6.36. The van der Waals surface area contributed by atoms with E-state index in [4.69, 9.17) is 23.2 Å². The molecule has 0 spiro atoms. The van der Waals surface area contributed by atoms with Gasteiger partial charge in [-0.3, -0.25) is 14.4 Å². The topological polar surface area (TPSA) is 78.5 Å². The Morgan fingerprint density at radius 2 is 1.64 bits per heavy atom. The van der Waals surface area contributed by atoms with Crippen molar-refractivity contribution in [2.24, 2.45) is 0 Å². The number of alkyl halides is 3. The summed E-state index contributed by atoms with van der Waals surface area (Å²) in [7, 11) is 0. The Morgan fingerprint density at radius 1 is 0.917 bits per heavy atom. The second-order valence-electron chi connectivity index (χ2n) is 7.77. The molecule has 1 aliphatic heterocycles. The normalized spacial score (nSPS) is 13.9. The number of nitrogens with zero attached hydrogens (tertiary/aromatic N) is 1. The van der Waals surface area contributed by atoms with Crippen molar-refractivity contribution in [1.82, 2.24) is 0 Å². The smallest absolute Gasteiger partial charge is 0.350 e. The summed E-state index contributed by atoms with van der Waals surface area (Å²) in [6, 6.07) is 15.0. The fourth-order valence-electron chi connectivity index (χ4n) is 3.57. The Kier molecular flexibility index (Phi) is 6.79. The molecule has 0 fully saturated rings. The molecule has 36 heavy (non-hydrogen) atoms. The van der Waals surface area contributed by atoms with Crippen molar-refractivity contribution in [3.05, 3.63) is 99.2 Å². The lowest BCUT2D eigenvalue weighted by Crippen LogP contribution is -2.32. The van der Waals surface area contributed by atoms with Gasteiger partial charge in [0.15, 0.2) is 0 Å². The van der Waals surface area contributed by atoms with Crippen LogP contribution in [0.25, 0.3) is 0 Å². The Hall–Kier alpha value is -3.82. The molecular weight excluding hydrogens is 518 g/mol. The van der Waals surface area contributed by atoms with E-state index in [2.05, 4.69) is 10.6 Å². The summed E-state index contributed by atoms with van der Waals surface area (Å²) in [5.41, 5.74) is -0.507. The van der Waals surface area contributed by atoms with Crippen LogP contribution in [-0.2, 0) is 15.8 Å². The van der Waals surface area contributed by atoms with Crippen LogP contribution in [0.5, 0.6) is 0 Å². The number of para-hydroxylation sites is 1. The van der Waals surface area contributed by atoms with Gasteiger partial charge in [0.2, 0.25) is 0 Å². The van der Waals surface area contributed by atoms with Gasteiger partial charge < -0.3 is 10.6 Å². The van der Waals surface area contributed by atoms with Gasteiger partial charge in [0.1, 0.15) is 10.7 Å². The minimum absolute atomic E-state index is 0.00742. The summed E-state index contributed by atoms with van der Waals surface area (Å²) in [6.07, 6.45) is -4.65. The van der Waals surface area contributed by atoms with Crippen LogP contribution in [0.4, 0.5) is 30.2 Å². The van der Waals surface area contributed by atoms with Crippen LogP contribution >= 0.6 is 23.2 Å². The third kappa shape index (κ3) is 4.93. The molecule has 4 rings (SSSR count). The van der Waals surface area contributed by atoms with E-state index < -0.39 is 35.1 Å². The number of amides is 3. The number of aryl methyl sites for hydroxylation is 1. The molecule has 3 aromatic rings. The number of halogens is 5. The Labute approximate surface area is 213 Å². The van der Waals surface area contributed by atoms with Crippen molar-refractivity contribution in [1.29, 1.82) is 0 Å². The van der Waals surface area contributed by atoms with Gasteiger partial charge >= 0.3 is 6.18 Å². The van der Waals surface area contributed by atoms with Crippen LogP contribution in [0.15, 0.2) is 77.5 Å². The standard InChI is InChI=1S/C25H16Cl2F3N3O3/c1-13-9-10-15(26)12-19(13)33-23(35)20(27)21(24(33)36)31-16-6-4-5-14(11-16)22(34)32-18-8-3-2-7-17(18)25(28,29)30/h2-12,31H,1H3,(H,32,34). The number of carbonyl (C=O) groups is 3. The summed E-state index contributed by atoms with van der Waals surface area (Å²) >= 11 is 12.2. The van der Waals surface area contributed by atoms with Crippen LogP contribution in [0, 0.1) is 6.92 Å². The summed E-state index contributed by atoms with van der Waals surface area (Å²) in [6.45, 7) is 1.70. The Bertz CT molecular complexity index is 1440. The van der Waals surface area contributed by atoms with Gasteiger partial charge in [0.25, 0.3) is 17.7 Å². The summed E-state index contributed by atoms with van der Waals surface area (Å²) in [5, 5.41) is 4.95. The lowest BCUT2D eigenvalue weighted by molar-refractivity contribution is -0.137. The van der Waals surface area contributed by atoms with Crippen molar-refractivity contribution in [2.45, 2.75) is 13.1 Å². The molecule has 2 N–H and O–H groups in total. The second kappa shape index (κ2) is 9.67. The summed E-state index contributed by atoms with van der Waals surface area (Å²) in [4.78, 5) is 39.4. The monoisotopic (exact) mass is 533 g/mol. The maximum absolute atomic E-state index is 13.2. The van der Waals surface area contributed by atoms with Gasteiger partial charge in [-0.05, 0) is 55.0 Å². The van der Waals surface area contributed by atoms with E-state index in [1.165, 1.54) is 42.5 Å². The molecule has 3 amide bonds. The van der Waals surface area contributed by atoms with Crippen molar-refractivity contribution in [2.75, 3.05) is 15.5 Å². The molecule has 6 nitrogen and oxygen atoms in total. The maximum Gasteiger partial charge on any atom is 0.418 e. The van der Waals surface area contributed by atoms with E-state index in [1.54, 1.807) is 19.1 Å². The molecule has 0 aromatic heterocycles. The number of nitrogens with one attached hydrogen (secondary N) is 2. The third-order valence-electron chi connectivity index (χ3n) is 5.31. The van der Waals surface area contributed by atoms with Gasteiger partial charge in [-0.15, -0.1) is 0 Å².